The van der Waals surface area contributed by atoms with Crippen LogP contribution in [0.15, 0.2) is 71.4 Å². The second kappa shape index (κ2) is 17.6. The molecule has 54 heavy (non-hydrogen) atoms. The summed E-state index contributed by atoms with van der Waals surface area (Å²) in [6, 6.07) is 26.2. The molecule has 4 aromatic heterocycles. The van der Waals surface area contributed by atoms with Gasteiger partial charge in [0.1, 0.15) is 0 Å². The third kappa shape index (κ3) is 9.32. The Bertz CT molecular complexity index is 2190. The van der Waals surface area contributed by atoms with E-state index in [9.17, 15) is 0 Å². The van der Waals surface area contributed by atoms with Crippen molar-refractivity contribution in [1.82, 2.24) is 15.0 Å². The summed E-state index contributed by atoms with van der Waals surface area (Å²) < 4.78 is 6.11. The van der Waals surface area contributed by atoms with E-state index in [0.29, 0.717) is 11.6 Å². The van der Waals surface area contributed by atoms with Gasteiger partial charge in [0.05, 0.1) is 13.7 Å². The third-order valence-corrected chi connectivity index (χ3v) is 13.6. The smallest absolute Gasteiger partial charge is 0.216 e. The summed E-state index contributed by atoms with van der Waals surface area (Å²) >= 11 is 0. The fourth-order valence-corrected chi connectivity index (χ4v) is 10.2. The number of rotatable bonds is 8. The molecule has 4 heterocycles. The zero-order chi connectivity index (χ0) is 37.1. The number of hydrogen-bond acceptors (Lipinski definition) is 4. The molecule has 0 spiro atoms. The summed E-state index contributed by atoms with van der Waals surface area (Å²) in [5, 5.41) is 3.62. The van der Waals surface area contributed by atoms with Crippen LogP contribution in [-0.2, 0) is 32.9 Å². The van der Waals surface area contributed by atoms with Crippen LogP contribution in [0.1, 0.15) is 106 Å². The predicted molar refractivity (Wildman–Crippen MR) is 225 cm³/mol. The monoisotopic (exact) mass is 912 g/mol. The van der Waals surface area contributed by atoms with Crippen LogP contribution in [-0.4, -0.2) is 23.0 Å². The fourth-order valence-electron chi connectivity index (χ4n) is 8.62. The quantitative estimate of drug-likeness (QED) is 0.113. The largest absolute Gasteiger partial charge is 0.486 e. The molecule has 0 unspecified atom stereocenters. The number of nitrogens with zero attached hydrogens (tertiary/aromatic N) is 3. The van der Waals surface area contributed by atoms with E-state index < -0.39 is 8.07 Å². The predicted octanol–water partition coefficient (Wildman–Crippen LogP) is 12.5. The average Bonchev–Trinajstić information content (AvgIpc) is 3.80. The second-order valence-corrected chi connectivity index (χ2v) is 22.3. The third-order valence-electron chi connectivity index (χ3n) is 11.5. The van der Waals surface area contributed by atoms with E-state index in [1.807, 2.05) is 25.1 Å². The molecule has 6 aromatic rings. The Morgan fingerprint density at radius 1 is 0.778 bits per heavy atom. The Hall–Kier alpha value is -3.44. The molecule has 0 saturated heterocycles. The van der Waals surface area contributed by atoms with Crippen LogP contribution in [0.5, 0.6) is 0 Å². The first-order chi connectivity index (χ1) is 25.5. The first-order valence-corrected chi connectivity index (χ1v) is 23.7. The minimum atomic E-state index is -1.38. The Morgan fingerprint density at radius 3 is 2.22 bits per heavy atom. The number of fused-ring (bicyclic) bond motifs is 3. The van der Waals surface area contributed by atoms with Gasteiger partial charge in [0.2, 0.25) is 5.71 Å². The van der Waals surface area contributed by atoms with Gasteiger partial charge in [-0.25, -0.2) is 4.98 Å². The Kier molecular flexibility index (Phi) is 13.1. The van der Waals surface area contributed by atoms with E-state index in [4.69, 9.17) is 14.4 Å². The standard InChI is InChI=1S/C24H23N2O.C24H34NSi.Ir/c1-15-12-22(25-14-18(15)13-17-6-3-4-7-17)21-9-5-8-19-20-11-10-16(2)26-24(20)27-23(19)21;1-18(2)14-22-16-23(25-17-24(22)26(3,4)5)21-13-9-12-20(15-21)19-10-7-6-8-11-19;/h5,8,10-12,14,17H,3-4,6-7,13H2,1-2H3;9,12,15-19H,6-8,10-11,14H2,1-5H3;/q2*-1;. The topological polar surface area (TPSA) is 51.8 Å². The molecule has 8 rings (SSSR count). The van der Waals surface area contributed by atoms with E-state index in [0.717, 1.165) is 63.7 Å². The first-order valence-electron chi connectivity index (χ1n) is 20.2. The maximum atomic E-state index is 6.11. The summed E-state index contributed by atoms with van der Waals surface area (Å²) in [7, 11) is -1.38. The minimum Gasteiger partial charge on any atom is -0.486 e. The average molecular weight is 912 g/mol. The zero-order valence-corrected chi connectivity index (χ0v) is 36.8. The van der Waals surface area contributed by atoms with Gasteiger partial charge in [-0.2, -0.15) is 0 Å². The minimum absolute atomic E-state index is 0. The van der Waals surface area contributed by atoms with Crippen LogP contribution in [0.25, 0.3) is 44.6 Å². The maximum Gasteiger partial charge on any atom is 0.216 e. The summed E-state index contributed by atoms with van der Waals surface area (Å²) in [5.41, 5.74) is 12.2. The van der Waals surface area contributed by atoms with E-state index >= 15 is 0 Å². The van der Waals surface area contributed by atoms with Crippen LogP contribution in [0.4, 0.5) is 0 Å². The number of aromatic nitrogens is 3. The van der Waals surface area contributed by atoms with E-state index in [1.165, 1.54) is 90.8 Å². The van der Waals surface area contributed by atoms with Crippen molar-refractivity contribution in [2.24, 2.45) is 11.8 Å². The molecule has 1 radical (unpaired) electrons. The molecule has 4 nitrogen and oxygen atoms in total. The summed E-state index contributed by atoms with van der Waals surface area (Å²) in [5.74, 6) is 2.22. The van der Waals surface area contributed by atoms with Crippen molar-refractivity contribution in [2.45, 2.75) is 124 Å². The molecule has 0 atom stereocenters. The summed E-state index contributed by atoms with van der Waals surface area (Å²) in [4.78, 5) is 14.2. The molecule has 2 aliphatic rings. The van der Waals surface area contributed by atoms with Gasteiger partial charge in [-0.05, 0) is 91.6 Å². The molecule has 285 valence electrons. The molecule has 0 bridgehead atoms. The van der Waals surface area contributed by atoms with Crippen molar-refractivity contribution in [2.75, 3.05) is 0 Å². The number of hydrogen-bond donors (Lipinski definition) is 0. The van der Waals surface area contributed by atoms with Gasteiger partial charge >= 0.3 is 0 Å². The molecule has 2 fully saturated rings. The van der Waals surface area contributed by atoms with Crippen LogP contribution >= 0.6 is 0 Å². The van der Waals surface area contributed by atoms with Crippen molar-refractivity contribution in [1.29, 1.82) is 0 Å². The number of furan rings is 1. The number of pyridine rings is 3. The Labute approximate surface area is 338 Å². The van der Waals surface area contributed by atoms with E-state index in [2.05, 4.69) is 106 Å². The van der Waals surface area contributed by atoms with Crippen LogP contribution in [0.3, 0.4) is 0 Å². The summed E-state index contributed by atoms with van der Waals surface area (Å²) in [6.07, 6.45) is 18.8. The van der Waals surface area contributed by atoms with Gasteiger partial charge in [-0.1, -0.05) is 113 Å². The van der Waals surface area contributed by atoms with Gasteiger partial charge in [0.15, 0.2) is 0 Å². The van der Waals surface area contributed by atoms with Crippen LogP contribution in [0.2, 0.25) is 19.6 Å². The van der Waals surface area contributed by atoms with Crippen molar-refractivity contribution in [3.05, 3.63) is 107 Å². The van der Waals surface area contributed by atoms with Gasteiger partial charge in [0.25, 0.3) is 0 Å². The molecule has 6 heteroatoms. The second-order valence-electron chi connectivity index (χ2n) is 17.3. The van der Waals surface area contributed by atoms with Crippen molar-refractivity contribution < 1.29 is 24.5 Å². The first kappa shape index (κ1) is 40.2. The normalized spacial score (nSPS) is 15.4. The molecule has 2 aromatic carbocycles. The zero-order valence-electron chi connectivity index (χ0n) is 33.4. The Balaban J connectivity index is 0.000000181. The molecule has 0 N–H and O–H groups in total. The van der Waals surface area contributed by atoms with Crippen molar-refractivity contribution >= 4 is 35.3 Å². The van der Waals surface area contributed by atoms with E-state index in [-0.39, 0.29) is 20.1 Å². The van der Waals surface area contributed by atoms with Gasteiger partial charge < -0.3 is 14.4 Å². The van der Waals surface area contributed by atoms with Crippen LogP contribution < -0.4 is 5.19 Å². The van der Waals surface area contributed by atoms with Gasteiger partial charge in [-0.3, -0.25) is 0 Å². The van der Waals surface area contributed by atoms with E-state index in [1.54, 1.807) is 0 Å². The SMILES string of the molecule is CC(C)Cc1cc(-c2[c-]ccc(C3CCCCC3)c2)ncc1[Si](C)(C)C.Cc1ccc2c(n1)oc1c(-c3cc(C)c(CC4CCCC4)cn3)[c-]ccc12.[Ir]. The van der Waals surface area contributed by atoms with Gasteiger partial charge in [0, 0.05) is 43.6 Å². The molecule has 0 amide bonds. The van der Waals surface area contributed by atoms with Crippen molar-refractivity contribution in [3.8, 4) is 22.5 Å². The maximum absolute atomic E-state index is 6.11. The summed E-state index contributed by atoms with van der Waals surface area (Å²) in [6.45, 7) is 16.1. The number of aryl methyl sites for hydroxylation is 2. The molecule has 2 saturated carbocycles. The Morgan fingerprint density at radius 2 is 1.50 bits per heavy atom. The molecule has 2 aliphatic carbocycles. The fraction of sp³-hybridized carbons (Fsp3) is 0.438. The van der Waals surface area contributed by atoms with Gasteiger partial charge in [-0.15, -0.1) is 53.6 Å². The molecule has 0 aliphatic heterocycles. The number of benzene rings is 2. The van der Waals surface area contributed by atoms with Crippen molar-refractivity contribution in [3.63, 3.8) is 0 Å². The van der Waals surface area contributed by atoms with Crippen LogP contribution in [0, 0.1) is 37.8 Å². The molecular weight excluding hydrogens is 855 g/mol. The molecular formula is C48H57IrN3OSi-2.